The van der Waals surface area contributed by atoms with Gasteiger partial charge in [-0.1, -0.05) is 34.1 Å². The topological polar surface area (TPSA) is 53.7 Å². The highest BCUT2D eigenvalue weighted by atomic mass is 79.9. The molecule has 1 aromatic heterocycles. The second-order valence-corrected chi connectivity index (χ2v) is 5.65. The maximum Gasteiger partial charge on any atom is 0.372 e. The van der Waals surface area contributed by atoms with E-state index in [1.807, 2.05) is 25.2 Å². The molecule has 0 bridgehead atoms. The molecule has 106 valence electrons. The van der Waals surface area contributed by atoms with Gasteiger partial charge in [0.25, 0.3) is 0 Å². The maximum absolute atomic E-state index is 10.9. The summed E-state index contributed by atoms with van der Waals surface area (Å²) in [6.45, 7) is 3.06. The van der Waals surface area contributed by atoms with Gasteiger partial charge in [0.2, 0.25) is 5.76 Å². The Kier molecular flexibility index (Phi) is 4.62. The van der Waals surface area contributed by atoms with Crippen LogP contribution in [0.25, 0.3) is 0 Å². The van der Waals surface area contributed by atoms with Crippen molar-refractivity contribution in [2.24, 2.45) is 0 Å². The monoisotopic (exact) mass is 337 g/mol. The number of nitrogens with zero attached hydrogens (tertiary/aromatic N) is 1. The molecule has 0 radical (unpaired) electrons. The molecular weight excluding hydrogens is 322 g/mol. The molecule has 1 N–H and O–H groups in total. The van der Waals surface area contributed by atoms with Gasteiger partial charge in [-0.2, -0.15) is 0 Å². The fraction of sp³-hybridized carbons (Fsp3) is 0.267. The normalized spacial score (nSPS) is 11.0. The predicted octanol–water partition coefficient (Wildman–Crippen LogP) is 3.68. The summed E-state index contributed by atoms with van der Waals surface area (Å²) in [5.41, 5.74) is 1.83. The van der Waals surface area contributed by atoms with Gasteiger partial charge in [-0.05, 0) is 31.7 Å². The lowest BCUT2D eigenvalue weighted by Gasteiger charge is -2.16. The van der Waals surface area contributed by atoms with Gasteiger partial charge >= 0.3 is 5.97 Å². The Morgan fingerprint density at radius 3 is 2.65 bits per heavy atom. The summed E-state index contributed by atoms with van der Waals surface area (Å²) in [7, 11) is 1.97. The lowest BCUT2D eigenvalue weighted by molar-refractivity contribution is 0.0657. The van der Waals surface area contributed by atoms with Crippen LogP contribution in [0, 0.1) is 6.92 Å². The lowest BCUT2D eigenvalue weighted by Crippen LogP contribution is -2.17. The molecular formula is C15H16BrNO3. The fourth-order valence-corrected chi connectivity index (χ4v) is 2.49. The number of carboxylic acids is 1. The molecule has 2 rings (SSSR count). The van der Waals surface area contributed by atoms with E-state index in [2.05, 4.69) is 26.9 Å². The molecule has 0 saturated heterocycles. The van der Waals surface area contributed by atoms with Crippen molar-refractivity contribution in [2.45, 2.75) is 20.0 Å². The van der Waals surface area contributed by atoms with E-state index < -0.39 is 5.97 Å². The second kappa shape index (κ2) is 6.24. The van der Waals surface area contributed by atoms with Gasteiger partial charge in [0, 0.05) is 16.6 Å². The van der Waals surface area contributed by atoms with Crippen molar-refractivity contribution in [1.29, 1.82) is 0 Å². The zero-order chi connectivity index (χ0) is 14.7. The Morgan fingerprint density at radius 2 is 2.05 bits per heavy atom. The van der Waals surface area contributed by atoms with Crippen LogP contribution in [0.1, 0.15) is 27.4 Å². The average Bonchev–Trinajstić information content (AvgIpc) is 2.73. The minimum Gasteiger partial charge on any atom is -0.475 e. The Hall–Kier alpha value is -1.59. The summed E-state index contributed by atoms with van der Waals surface area (Å²) in [4.78, 5) is 13.0. The third-order valence-electron chi connectivity index (χ3n) is 2.99. The number of hydrogen-bond acceptors (Lipinski definition) is 3. The predicted molar refractivity (Wildman–Crippen MR) is 79.7 cm³/mol. The average molecular weight is 338 g/mol. The number of carbonyl (C=O) groups is 1. The van der Waals surface area contributed by atoms with Crippen LogP contribution in [0.15, 0.2) is 39.2 Å². The van der Waals surface area contributed by atoms with Crippen LogP contribution in [-0.2, 0) is 13.1 Å². The number of hydrogen-bond donors (Lipinski definition) is 1. The van der Waals surface area contributed by atoms with Crippen molar-refractivity contribution < 1.29 is 14.3 Å². The summed E-state index contributed by atoms with van der Waals surface area (Å²) in [5, 5.41) is 8.97. The first kappa shape index (κ1) is 14.8. The van der Waals surface area contributed by atoms with E-state index >= 15 is 0 Å². The minimum atomic E-state index is -1.03. The number of rotatable bonds is 5. The number of carboxylic acid groups (broad SMARTS) is 1. The summed E-state index contributed by atoms with van der Waals surface area (Å²) in [6, 6.07) is 9.80. The van der Waals surface area contributed by atoms with E-state index in [0.717, 1.165) is 11.0 Å². The van der Waals surface area contributed by atoms with Gasteiger partial charge in [0.15, 0.2) is 0 Å². The fourth-order valence-electron chi connectivity index (χ4n) is 2.08. The molecule has 0 spiro atoms. The lowest BCUT2D eigenvalue weighted by atomic mass is 10.2. The van der Waals surface area contributed by atoms with E-state index in [1.54, 1.807) is 13.0 Å². The molecule has 1 heterocycles. The molecule has 20 heavy (non-hydrogen) atoms. The van der Waals surface area contributed by atoms with Crippen LogP contribution < -0.4 is 0 Å². The third kappa shape index (κ3) is 3.49. The number of furan rings is 1. The molecule has 0 unspecified atom stereocenters. The van der Waals surface area contributed by atoms with Crippen molar-refractivity contribution in [3.05, 3.63) is 57.5 Å². The quantitative estimate of drug-likeness (QED) is 0.904. The maximum atomic E-state index is 10.9. The molecule has 0 amide bonds. The number of halogens is 1. The largest absolute Gasteiger partial charge is 0.475 e. The highest BCUT2D eigenvalue weighted by Gasteiger charge is 2.15. The number of benzene rings is 1. The minimum absolute atomic E-state index is 0.0225. The van der Waals surface area contributed by atoms with E-state index in [9.17, 15) is 4.79 Å². The Labute approximate surface area is 126 Å². The van der Waals surface area contributed by atoms with Gasteiger partial charge in [-0.25, -0.2) is 4.79 Å². The molecule has 0 fully saturated rings. The van der Waals surface area contributed by atoms with Gasteiger partial charge < -0.3 is 9.52 Å². The van der Waals surface area contributed by atoms with Crippen LogP contribution in [0.4, 0.5) is 0 Å². The van der Waals surface area contributed by atoms with Crippen LogP contribution in [-0.4, -0.2) is 23.0 Å². The highest BCUT2D eigenvalue weighted by molar-refractivity contribution is 9.10. The van der Waals surface area contributed by atoms with E-state index in [-0.39, 0.29) is 5.76 Å². The number of aromatic carboxylic acids is 1. The molecule has 1 aromatic carbocycles. The zero-order valence-electron chi connectivity index (χ0n) is 11.4. The Morgan fingerprint density at radius 1 is 1.35 bits per heavy atom. The van der Waals surface area contributed by atoms with E-state index in [0.29, 0.717) is 17.9 Å². The van der Waals surface area contributed by atoms with Crippen LogP contribution in [0.5, 0.6) is 0 Å². The van der Waals surface area contributed by atoms with Crippen molar-refractivity contribution in [1.82, 2.24) is 4.90 Å². The van der Waals surface area contributed by atoms with Gasteiger partial charge in [-0.15, -0.1) is 0 Å². The van der Waals surface area contributed by atoms with Crippen LogP contribution in [0.2, 0.25) is 0 Å². The molecule has 0 atom stereocenters. The molecule has 0 aliphatic heterocycles. The first-order valence-electron chi connectivity index (χ1n) is 6.22. The summed E-state index contributed by atoms with van der Waals surface area (Å²) < 4.78 is 6.43. The standard InChI is InChI=1S/C15H16BrNO3/c1-10-7-12(20-14(10)15(18)19)9-17(2)8-11-5-3-4-6-13(11)16/h3-7H,8-9H2,1-2H3,(H,18,19). The molecule has 2 aromatic rings. The summed E-state index contributed by atoms with van der Waals surface area (Å²) >= 11 is 3.52. The second-order valence-electron chi connectivity index (χ2n) is 4.79. The number of aryl methyl sites for hydroxylation is 1. The van der Waals surface area contributed by atoms with Crippen molar-refractivity contribution in [3.63, 3.8) is 0 Å². The van der Waals surface area contributed by atoms with Gasteiger partial charge in [-0.3, -0.25) is 4.90 Å². The molecule has 0 aliphatic carbocycles. The first-order valence-corrected chi connectivity index (χ1v) is 7.01. The molecule has 4 nitrogen and oxygen atoms in total. The SMILES string of the molecule is Cc1cc(CN(C)Cc2ccccc2Br)oc1C(=O)O. The van der Waals surface area contributed by atoms with E-state index in [1.165, 1.54) is 5.56 Å². The van der Waals surface area contributed by atoms with Gasteiger partial charge in [0.05, 0.1) is 6.54 Å². The van der Waals surface area contributed by atoms with E-state index in [4.69, 9.17) is 9.52 Å². The highest BCUT2D eigenvalue weighted by Crippen LogP contribution is 2.20. The molecule has 5 heteroatoms. The van der Waals surface area contributed by atoms with Gasteiger partial charge in [0.1, 0.15) is 5.76 Å². The Bertz CT molecular complexity index is 621. The van der Waals surface area contributed by atoms with Crippen molar-refractivity contribution >= 4 is 21.9 Å². The van der Waals surface area contributed by atoms with Crippen LogP contribution >= 0.6 is 15.9 Å². The van der Waals surface area contributed by atoms with Crippen LogP contribution in [0.3, 0.4) is 0 Å². The first-order chi connectivity index (χ1) is 9.47. The summed E-state index contributed by atoms with van der Waals surface area (Å²) in [5.74, 6) is -0.342. The molecule has 0 saturated carbocycles. The van der Waals surface area contributed by atoms with Crippen molar-refractivity contribution in [3.8, 4) is 0 Å². The van der Waals surface area contributed by atoms with Crippen molar-refractivity contribution in [2.75, 3.05) is 7.05 Å². The Balaban J connectivity index is 2.05. The zero-order valence-corrected chi connectivity index (χ0v) is 13.0. The smallest absolute Gasteiger partial charge is 0.372 e. The third-order valence-corrected chi connectivity index (χ3v) is 3.76. The summed E-state index contributed by atoms with van der Waals surface area (Å²) in [6.07, 6.45) is 0. The molecule has 0 aliphatic rings.